The molecule has 1 saturated heterocycles. The highest BCUT2D eigenvalue weighted by atomic mass is 35.7. The molecule has 8 heteroatoms. The lowest BCUT2D eigenvalue weighted by atomic mass is 9.88. The molecule has 128 valence electrons. The lowest BCUT2D eigenvalue weighted by Crippen LogP contribution is -2.56. The second-order valence-electron chi connectivity index (χ2n) is 5.92. The number of amides is 1. The molecule has 0 spiro atoms. The van der Waals surface area contributed by atoms with E-state index in [4.69, 9.17) is 21.2 Å². The summed E-state index contributed by atoms with van der Waals surface area (Å²) < 4.78 is 27.5. The molecule has 0 aromatic heterocycles. The summed E-state index contributed by atoms with van der Waals surface area (Å²) in [5.41, 5.74) is 6.39. The van der Waals surface area contributed by atoms with Gasteiger partial charge in [-0.3, -0.25) is 0 Å². The summed E-state index contributed by atoms with van der Waals surface area (Å²) in [6.07, 6.45) is 1.15. The number of hydrogen-bond acceptors (Lipinski definition) is 5. The van der Waals surface area contributed by atoms with Crippen LogP contribution in [0.5, 0.6) is 0 Å². The number of hydrogen-bond donors (Lipinski definition) is 1. The van der Waals surface area contributed by atoms with E-state index in [0.717, 1.165) is 5.56 Å². The molecule has 2 N–H and O–H groups in total. The summed E-state index contributed by atoms with van der Waals surface area (Å²) >= 11 is 0. The van der Waals surface area contributed by atoms with E-state index in [0.29, 0.717) is 19.4 Å². The standard InChI is InChI=1S/C15H21ClN2O4S/c16-23(20,21)10-8-15(17)7-4-9-18(12-15)14(19)22-11-13-5-2-1-3-6-13/h1-3,5-6H,4,7-12,17H2. The van der Waals surface area contributed by atoms with Gasteiger partial charge in [0.15, 0.2) is 0 Å². The summed E-state index contributed by atoms with van der Waals surface area (Å²) in [5, 5.41) is 0. The van der Waals surface area contributed by atoms with Crippen LogP contribution in [0.25, 0.3) is 0 Å². The quantitative estimate of drug-likeness (QED) is 0.812. The first-order valence-electron chi connectivity index (χ1n) is 7.44. The first-order chi connectivity index (χ1) is 10.8. The molecule has 0 radical (unpaired) electrons. The molecule has 6 nitrogen and oxygen atoms in total. The molecule has 1 unspecified atom stereocenters. The number of nitrogens with two attached hydrogens (primary N) is 1. The summed E-state index contributed by atoms with van der Waals surface area (Å²) in [4.78, 5) is 13.7. The fourth-order valence-corrected chi connectivity index (χ4v) is 3.54. The van der Waals surface area contributed by atoms with Crippen LogP contribution in [0.3, 0.4) is 0 Å². The first-order valence-corrected chi connectivity index (χ1v) is 9.92. The van der Waals surface area contributed by atoms with E-state index in [-0.39, 0.29) is 25.3 Å². The molecule has 1 atom stereocenters. The van der Waals surface area contributed by atoms with Gasteiger partial charge in [0, 0.05) is 29.3 Å². The average molecular weight is 361 g/mol. The van der Waals surface area contributed by atoms with Crippen molar-refractivity contribution in [1.82, 2.24) is 4.90 Å². The molecule has 1 aliphatic rings. The number of likely N-dealkylation sites (tertiary alicyclic amines) is 1. The van der Waals surface area contributed by atoms with Crippen LogP contribution in [0.2, 0.25) is 0 Å². The number of ether oxygens (including phenoxy) is 1. The lowest BCUT2D eigenvalue weighted by Gasteiger charge is -2.39. The lowest BCUT2D eigenvalue weighted by molar-refractivity contribution is 0.0726. The van der Waals surface area contributed by atoms with Gasteiger partial charge in [0.1, 0.15) is 6.61 Å². The van der Waals surface area contributed by atoms with Crippen molar-refractivity contribution in [3.05, 3.63) is 35.9 Å². The van der Waals surface area contributed by atoms with E-state index in [1.165, 1.54) is 4.90 Å². The van der Waals surface area contributed by atoms with Crippen LogP contribution < -0.4 is 5.73 Å². The van der Waals surface area contributed by atoms with Gasteiger partial charge in [-0.25, -0.2) is 13.2 Å². The minimum atomic E-state index is -3.59. The van der Waals surface area contributed by atoms with Gasteiger partial charge >= 0.3 is 6.09 Å². The van der Waals surface area contributed by atoms with Crippen molar-refractivity contribution >= 4 is 25.8 Å². The number of piperidine rings is 1. The second kappa shape index (κ2) is 7.51. The Kier molecular flexibility index (Phi) is 5.89. The Bertz CT molecular complexity index is 638. The van der Waals surface area contributed by atoms with Crippen LogP contribution in [0.15, 0.2) is 30.3 Å². The fourth-order valence-electron chi connectivity index (χ4n) is 2.66. The van der Waals surface area contributed by atoms with Crippen molar-refractivity contribution in [3.63, 3.8) is 0 Å². The maximum absolute atomic E-state index is 12.2. The van der Waals surface area contributed by atoms with Crippen molar-refractivity contribution in [2.24, 2.45) is 5.73 Å². The predicted octanol–water partition coefficient (Wildman–Crippen LogP) is 2.08. The maximum atomic E-state index is 12.2. The van der Waals surface area contributed by atoms with E-state index in [1.807, 2.05) is 30.3 Å². The fraction of sp³-hybridized carbons (Fsp3) is 0.533. The Morgan fingerprint density at radius 1 is 1.35 bits per heavy atom. The zero-order chi connectivity index (χ0) is 16.9. The van der Waals surface area contributed by atoms with Crippen molar-refractivity contribution in [3.8, 4) is 0 Å². The van der Waals surface area contributed by atoms with Gasteiger partial charge in [-0.2, -0.15) is 0 Å². The molecule has 23 heavy (non-hydrogen) atoms. The maximum Gasteiger partial charge on any atom is 0.410 e. The van der Waals surface area contributed by atoms with Crippen molar-refractivity contribution in [2.75, 3.05) is 18.8 Å². The highest BCUT2D eigenvalue weighted by molar-refractivity contribution is 8.13. The number of rotatable bonds is 5. The molecule has 1 aliphatic heterocycles. The molecule has 1 fully saturated rings. The van der Waals surface area contributed by atoms with Gasteiger partial charge in [0.25, 0.3) is 0 Å². The van der Waals surface area contributed by atoms with Crippen LogP contribution in [0.4, 0.5) is 4.79 Å². The number of carbonyl (C=O) groups excluding carboxylic acids is 1. The van der Waals surface area contributed by atoms with Crippen LogP contribution in [-0.4, -0.2) is 43.8 Å². The van der Waals surface area contributed by atoms with Crippen LogP contribution in [-0.2, 0) is 20.4 Å². The molecule has 2 rings (SSSR count). The third-order valence-electron chi connectivity index (χ3n) is 3.92. The molecule has 1 amide bonds. The summed E-state index contributed by atoms with van der Waals surface area (Å²) in [6.45, 7) is 1.02. The van der Waals surface area contributed by atoms with Crippen molar-refractivity contribution < 1.29 is 17.9 Å². The molecule has 0 aliphatic carbocycles. The molecule has 0 bridgehead atoms. The number of halogens is 1. The molecular formula is C15H21ClN2O4S. The van der Waals surface area contributed by atoms with Gasteiger partial charge in [0.05, 0.1) is 5.75 Å². The molecule has 1 aromatic carbocycles. The SMILES string of the molecule is NC1(CCS(=O)(=O)Cl)CCCN(C(=O)OCc2ccccc2)C1. The topological polar surface area (TPSA) is 89.7 Å². The average Bonchev–Trinajstić information content (AvgIpc) is 2.51. The van der Waals surface area contributed by atoms with Crippen LogP contribution >= 0.6 is 10.7 Å². The number of carbonyl (C=O) groups is 1. The first kappa shape index (κ1) is 18.0. The van der Waals surface area contributed by atoms with E-state index in [9.17, 15) is 13.2 Å². The largest absolute Gasteiger partial charge is 0.445 e. The van der Waals surface area contributed by atoms with E-state index in [2.05, 4.69) is 0 Å². The van der Waals surface area contributed by atoms with Gasteiger partial charge in [-0.1, -0.05) is 30.3 Å². The Balaban J connectivity index is 1.88. The summed E-state index contributed by atoms with van der Waals surface area (Å²) in [6, 6.07) is 9.40. The Morgan fingerprint density at radius 3 is 2.70 bits per heavy atom. The normalized spacial score (nSPS) is 21.9. The predicted molar refractivity (Wildman–Crippen MR) is 88.6 cm³/mol. The minimum Gasteiger partial charge on any atom is -0.445 e. The van der Waals surface area contributed by atoms with Gasteiger partial charge in [-0.15, -0.1) is 0 Å². The zero-order valence-electron chi connectivity index (χ0n) is 12.8. The number of benzene rings is 1. The highest BCUT2D eigenvalue weighted by Crippen LogP contribution is 2.24. The smallest absolute Gasteiger partial charge is 0.410 e. The van der Waals surface area contributed by atoms with Crippen molar-refractivity contribution in [1.29, 1.82) is 0 Å². The zero-order valence-corrected chi connectivity index (χ0v) is 14.4. The Hall–Kier alpha value is -1.31. The van der Waals surface area contributed by atoms with Gasteiger partial charge in [-0.05, 0) is 24.8 Å². The second-order valence-corrected chi connectivity index (χ2v) is 8.82. The van der Waals surface area contributed by atoms with E-state index < -0.39 is 20.7 Å². The van der Waals surface area contributed by atoms with Gasteiger partial charge in [0.2, 0.25) is 9.05 Å². The number of nitrogens with zero attached hydrogens (tertiary/aromatic N) is 1. The van der Waals surface area contributed by atoms with Crippen LogP contribution in [0.1, 0.15) is 24.8 Å². The molecular weight excluding hydrogens is 340 g/mol. The molecule has 0 saturated carbocycles. The highest BCUT2D eigenvalue weighted by Gasteiger charge is 2.35. The monoisotopic (exact) mass is 360 g/mol. The Morgan fingerprint density at radius 2 is 2.04 bits per heavy atom. The van der Waals surface area contributed by atoms with Gasteiger partial charge < -0.3 is 15.4 Å². The van der Waals surface area contributed by atoms with E-state index >= 15 is 0 Å². The minimum absolute atomic E-state index is 0.196. The Labute approximate surface area is 141 Å². The third kappa shape index (κ3) is 6.01. The van der Waals surface area contributed by atoms with Crippen molar-refractivity contribution in [2.45, 2.75) is 31.4 Å². The third-order valence-corrected chi connectivity index (χ3v) is 5.07. The summed E-state index contributed by atoms with van der Waals surface area (Å²) in [7, 11) is 1.65. The summed E-state index contributed by atoms with van der Waals surface area (Å²) in [5.74, 6) is -0.196. The van der Waals surface area contributed by atoms with E-state index in [1.54, 1.807) is 0 Å². The molecule has 1 aromatic rings. The molecule has 1 heterocycles. The van der Waals surface area contributed by atoms with Crippen LogP contribution in [0, 0.1) is 0 Å².